The van der Waals surface area contributed by atoms with Crippen LogP contribution < -0.4 is 4.74 Å². The van der Waals surface area contributed by atoms with E-state index in [1.165, 1.54) is 12.1 Å². The van der Waals surface area contributed by atoms with Crippen LogP contribution in [0.25, 0.3) is 0 Å². The Labute approximate surface area is 125 Å². The molecule has 1 N–H and O–H groups in total. The number of ether oxygens (including phenoxy) is 1. The van der Waals surface area contributed by atoms with Gasteiger partial charge in [-0.05, 0) is 54.3 Å². The highest BCUT2D eigenvalue weighted by molar-refractivity contribution is 9.10. The molecular weight excluding hydrogens is 323 g/mol. The fourth-order valence-corrected chi connectivity index (χ4v) is 2.52. The molecule has 0 spiro atoms. The van der Waals surface area contributed by atoms with E-state index >= 15 is 0 Å². The molecule has 0 bridgehead atoms. The SMILES string of the molecule is OC(c1ccc(OC2CC2)cc1)c1cc(F)cc(Br)c1. The van der Waals surface area contributed by atoms with Gasteiger partial charge in [-0.15, -0.1) is 0 Å². The Morgan fingerprint density at radius 3 is 2.40 bits per heavy atom. The summed E-state index contributed by atoms with van der Waals surface area (Å²) >= 11 is 3.23. The molecule has 1 unspecified atom stereocenters. The Morgan fingerprint density at radius 1 is 1.10 bits per heavy atom. The van der Waals surface area contributed by atoms with Crippen molar-refractivity contribution in [3.05, 3.63) is 63.9 Å². The zero-order valence-corrected chi connectivity index (χ0v) is 12.3. The molecule has 1 saturated carbocycles. The first-order chi connectivity index (χ1) is 9.61. The van der Waals surface area contributed by atoms with Gasteiger partial charge in [0.2, 0.25) is 0 Å². The van der Waals surface area contributed by atoms with Gasteiger partial charge in [0.1, 0.15) is 17.7 Å². The Kier molecular flexibility index (Phi) is 3.76. The van der Waals surface area contributed by atoms with Gasteiger partial charge in [0.25, 0.3) is 0 Å². The third-order valence-corrected chi connectivity index (χ3v) is 3.68. The molecule has 20 heavy (non-hydrogen) atoms. The number of halogens is 2. The molecule has 1 aliphatic carbocycles. The Bertz CT molecular complexity index is 588. The molecule has 0 radical (unpaired) electrons. The monoisotopic (exact) mass is 336 g/mol. The number of aliphatic hydroxyl groups excluding tert-OH is 1. The summed E-state index contributed by atoms with van der Waals surface area (Å²) in [5.74, 6) is 0.436. The van der Waals surface area contributed by atoms with Crippen LogP contribution in [0.2, 0.25) is 0 Å². The van der Waals surface area contributed by atoms with Crippen molar-refractivity contribution in [2.75, 3.05) is 0 Å². The van der Waals surface area contributed by atoms with Crippen molar-refractivity contribution >= 4 is 15.9 Å². The molecular formula is C16H14BrFO2. The molecule has 0 aliphatic heterocycles. The summed E-state index contributed by atoms with van der Waals surface area (Å²) in [5.41, 5.74) is 1.23. The maximum Gasteiger partial charge on any atom is 0.124 e. The predicted octanol–water partition coefficient (Wildman–Crippen LogP) is 4.21. The van der Waals surface area contributed by atoms with Crippen molar-refractivity contribution in [2.45, 2.75) is 25.0 Å². The van der Waals surface area contributed by atoms with Crippen LogP contribution in [0.1, 0.15) is 30.1 Å². The number of hydrogen-bond donors (Lipinski definition) is 1. The summed E-state index contributed by atoms with van der Waals surface area (Å²) < 4.78 is 19.6. The Balaban J connectivity index is 1.79. The molecule has 4 heteroatoms. The third-order valence-electron chi connectivity index (χ3n) is 3.22. The molecule has 0 amide bonds. The second-order valence-corrected chi connectivity index (χ2v) is 5.91. The van der Waals surface area contributed by atoms with E-state index in [9.17, 15) is 9.50 Å². The summed E-state index contributed by atoms with van der Waals surface area (Å²) in [5, 5.41) is 10.3. The third kappa shape index (κ3) is 3.19. The smallest absolute Gasteiger partial charge is 0.124 e. The zero-order chi connectivity index (χ0) is 14.1. The van der Waals surface area contributed by atoms with Crippen molar-refractivity contribution < 1.29 is 14.2 Å². The van der Waals surface area contributed by atoms with Crippen LogP contribution >= 0.6 is 15.9 Å². The molecule has 0 saturated heterocycles. The lowest BCUT2D eigenvalue weighted by Gasteiger charge is -2.13. The zero-order valence-electron chi connectivity index (χ0n) is 10.7. The molecule has 1 atom stereocenters. The number of aliphatic hydroxyl groups is 1. The van der Waals surface area contributed by atoms with Crippen LogP contribution in [0.15, 0.2) is 46.9 Å². The van der Waals surface area contributed by atoms with Crippen LogP contribution in [0.4, 0.5) is 4.39 Å². The molecule has 2 aromatic carbocycles. The number of benzene rings is 2. The lowest BCUT2D eigenvalue weighted by atomic mass is 10.0. The van der Waals surface area contributed by atoms with E-state index in [1.54, 1.807) is 18.2 Å². The van der Waals surface area contributed by atoms with Gasteiger partial charge in [-0.3, -0.25) is 0 Å². The van der Waals surface area contributed by atoms with Gasteiger partial charge in [-0.1, -0.05) is 28.1 Å². The normalized spacial score (nSPS) is 15.9. The fourth-order valence-electron chi connectivity index (χ4n) is 2.03. The highest BCUT2D eigenvalue weighted by Crippen LogP contribution is 2.29. The molecule has 104 valence electrons. The maximum absolute atomic E-state index is 13.4. The topological polar surface area (TPSA) is 29.5 Å². The van der Waals surface area contributed by atoms with Crippen LogP contribution in [-0.2, 0) is 0 Å². The summed E-state index contributed by atoms with van der Waals surface area (Å²) in [4.78, 5) is 0. The largest absolute Gasteiger partial charge is 0.490 e. The predicted molar refractivity (Wildman–Crippen MR) is 78.3 cm³/mol. The number of rotatable bonds is 4. The highest BCUT2D eigenvalue weighted by atomic mass is 79.9. The van der Waals surface area contributed by atoms with E-state index in [0.717, 1.165) is 18.6 Å². The summed E-state index contributed by atoms with van der Waals surface area (Å²) in [7, 11) is 0. The summed E-state index contributed by atoms with van der Waals surface area (Å²) in [6.07, 6.45) is 1.73. The molecule has 3 rings (SSSR count). The van der Waals surface area contributed by atoms with Crippen molar-refractivity contribution in [1.29, 1.82) is 0 Å². The van der Waals surface area contributed by atoms with Gasteiger partial charge >= 0.3 is 0 Å². The van der Waals surface area contributed by atoms with Gasteiger partial charge in [0.05, 0.1) is 6.10 Å². The first kappa shape index (κ1) is 13.6. The van der Waals surface area contributed by atoms with Gasteiger partial charge in [-0.2, -0.15) is 0 Å². The van der Waals surface area contributed by atoms with E-state index in [4.69, 9.17) is 4.74 Å². The summed E-state index contributed by atoms with van der Waals surface area (Å²) in [6, 6.07) is 11.7. The standard InChI is InChI=1S/C16H14BrFO2/c17-12-7-11(8-13(18)9-12)16(19)10-1-3-14(4-2-10)20-15-5-6-15/h1-4,7-9,15-16,19H,5-6H2. The van der Waals surface area contributed by atoms with Crippen molar-refractivity contribution in [2.24, 2.45) is 0 Å². The van der Waals surface area contributed by atoms with Crippen molar-refractivity contribution in [3.63, 3.8) is 0 Å². The molecule has 2 nitrogen and oxygen atoms in total. The van der Waals surface area contributed by atoms with Gasteiger partial charge in [0.15, 0.2) is 0 Å². The minimum absolute atomic E-state index is 0.352. The van der Waals surface area contributed by atoms with Crippen molar-refractivity contribution in [3.8, 4) is 5.75 Å². The van der Waals surface area contributed by atoms with E-state index < -0.39 is 6.10 Å². The molecule has 0 heterocycles. The second kappa shape index (κ2) is 5.54. The maximum atomic E-state index is 13.4. The van der Waals surface area contributed by atoms with E-state index in [1.807, 2.05) is 12.1 Å². The molecule has 1 aliphatic rings. The van der Waals surface area contributed by atoms with Crippen LogP contribution in [0.5, 0.6) is 5.75 Å². The second-order valence-electron chi connectivity index (χ2n) is 4.99. The highest BCUT2D eigenvalue weighted by Gasteiger charge is 2.23. The first-order valence-corrected chi connectivity index (χ1v) is 7.32. The van der Waals surface area contributed by atoms with Gasteiger partial charge < -0.3 is 9.84 Å². The van der Waals surface area contributed by atoms with Crippen LogP contribution in [0.3, 0.4) is 0 Å². The lowest BCUT2D eigenvalue weighted by molar-refractivity contribution is 0.219. The first-order valence-electron chi connectivity index (χ1n) is 6.52. The molecule has 0 aromatic heterocycles. The van der Waals surface area contributed by atoms with Gasteiger partial charge in [-0.25, -0.2) is 4.39 Å². The Morgan fingerprint density at radius 2 is 1.80 bits per heavy atom. The lowest BCUT2D eigenvalue weighted by Crippen LogP contribution is -2.01. The average Bonchev–Trinajstić information content (AvgIpc) is 3.22. The molecule has 2 aromatic rings. The Hall–Kier alpha value is -1.39. The van der Waals surface area contributed by atoms with Crippen LogP contribution in [0, 0.1) is 5.82 Å². The fraction of sp³-hybridized carbons (Fsp3) is 0.250. The molecule has 1 fully saturated rings. The minimum atomic E-state index is -0.850. The van der Waals surface area contributed by atoms with Crippen LogP contribution in [-0.4, -0.2) is 11.2 Å². The minimum Gasteiger partial charge on any atom is -0.490 e. The van der Waals surface area contributed by atoms with E-state index in [-0.39, 0.29) is 5.82 Å². The van der Waals surface area contributed by atoms with E-state index in [2.05, 4.69) is 15.9 Å². The average molecular weight is 337 g/mol. The number of hydrogen-bond acceptors (Lipinski definition) is 2. The summed E-state index contributed by atoms with van der Waals surface area (Å²) in [6.45, 7) is 0. The quantitative estimate of drug-likeness (QED) is 0.906. The van der Waals surface area contributed by atoms with Gasteiger partial charge in [0, 0.05) is 4.47 Å². The van der Waals surface area contributed by atoms with E-state index in [0.29, 0.717) is 21.7 Å². The van der Waals surface area contributed by atoms with Crippen molar-refractivity contribution in [1.82, 2.24) is 0 Å².